The van der Waals surface area contributed by atoms with E-state index in [1.807, 2.05) is 24.6 Å². The average molecular weight is 315 g/mol. The van der Waals surface area contributed by atoms with Crippen molar-refractivity contribution in [3.63, 3.8) is 0 Å². The topological polar surface area (TPSA) is 102 Å². The number of benzene rings is 1. The summed E-state index contributed by atoms with van der Waals surface area (Å²) >= 11 is 0. The van der Waals surface area contributed by atoms with E-state index >= 15 is 0 Å². The molecule has 0 bridgehead atoms. The molecule has 7 nitrogen and oxygen atoms in total. The van der Waals surface area contributed by atoms with E-state index in [1.54, 1.807) is 24.3 Å². The predicted molar refractivity (Wildman–Crippen MR) is 88.3 cm³/mol. The van der Waals surface area contributed by atoms with Gasteiger partial charge in [0.2, 0.25) is 0 Å². The molecule has 1 aromatic carbocycles. The van der Waals surface area contributed by atoms with Crippen LogP contribution in [-0.2, 0) is 6.54 Å². The molecule has 0 spiro atoms. The summed E-state index contributed by atoms with van der Waals surface area (Å²) in [6, 6.07) is 7.99. The Morgan fingerprint density at radius 2 is 2.04 bits per heavy atom. The third-order valence-electron chi connectivity index (χ3n) is 3.33. The van der Waals surface area contributed by atoms with Crippen LogP contribution in [-0.4, -0.2) is 28.3 Å². The van der Waals surface area contributed by atoms with Crippen LogP contribution in [0.1, 0.15) is 28.2 Å². The smallest absolute Gasteiger partial charge is 0.316 e. The number of anilines is 1. The zero-order chi connectivity index (χ0) is 16.8. The lowest BCUT2D eigenvalue weighted by molar-refractivity contribution is 0.0952. The molecule has 0 saturated carbocycles. The van der Waals surface area contributed by atoms with Crippen LogP contribution < -0.4 is 16.4 Å². The second-order valence-corrected chi connectivity index (χ2v) is 5.33. The second kappa shape index (κ2) is 7.44. The van der Waals surface area contributed by atoms with Crippen molar-refractivity contribution >= 4 is 17.6 Å². The van der Waals surface area contributed by atoms with Crippen LogP contribution >= 0.6 is 0 Å². The average Bonchev–Trinajstić information content (AvgIpc) is 2.81. The number of nitrogens with zero attached hydrogens (tertiary/aromatic N) is 2. The first kappa shape index (κ1) is 16.5. The number of aryl methyl sites for hydroxylation is 3. The molecule has 0 aliphatic carbocycles. The van der Waals surface area contributed by atoms with Crippen LogP contribution in [0.3, 0.4) is 0 Å². The number of aromatic nitrogens is 2. The summed E-state index contributed by atoms with van der Waals surface area (Å²) in [7, 11) is 0. The fraction of sp³-hybridized carbons (Fsp3) is 0.312. The molecule has 2 rings (SSSR count). The summed E-state index contributed by atoms with van der Waals surface area (Å²) in [6.07, 6.45) is 0.785. The van der Waals surface area contributed by atoms with Crippen LogP contribution in [0.25, 0.3) is 0 Å². The highest BCUT2D eigenvalue weighted by Crippen LogP contribution is 2.10. The number of urea groups is 1. The summed E-state index contributed by atoms with van der Waals surface area (Å²) in [5, 5.41) is 9.67. The zero-order valence-corrected chi connectivity index (χ0v) is 13.3. The molecule has 0 atom stereocenters. The van der Waals surface area contributed by atoms with E-state index in [0.29, 0.717) is 17.8 Å². The minimum atomic E-state index is -0.660. The highest BCUT2D eigenvalue weighted by atomic mass is 16.2. The van der Waals surface area contributed by atoms with E-state index in [1.165, 1.54) is 0 Å². The Hall–Kier alpha value is -2.83. The molecule has 0 aliphatic heterocycles. The Kier molecular flexibility index (Phi) is 5.35. The second-order valence-electron chi connectivity index (χ2n) is 5.33. The minimum absolute atomic E-state index is 0.188. The number of nitrogens with one attached hydrogen (secondary N) is 2. The fourth-order valence-electron chi connectivity index (χ4n) is 2.31. The number of hydrogen-bond donors (Lipinski definition) is 3. The lowest BCUT2D eigenvalue weighted by atomic mass is 10.2. The van der Waals surface area contributed by atoms with E-state index in [4.69, 9.17) is 5.73 Å². The van der Waals surface area contributed by atoms with Crippen molar-refractivity contribution < 1.29 is 9.59 Å². The van der Waals surface area contributed by atoms with E-state index in [2.05, 4.69) is 15.7 Å². The molecule has 0 radical (unpaired) electrons. The molecular weight excluding hydrogens is 294 g/mol. The van der Waals surface area contributed by atoms with Gasteiger partial charge in [0.05, 0.1) is 5.69 Å². The van der Waals surface area contributed by atoms with Gasteiger partial charge in [-0.05, 0) is 44.5 Å². The lowest BCUT2D eigenvalue weighted by Gasteiger charge is -2.08. The van der Waals surface area contributed by atoms with Gasteiger partial charge in [-0.15, -0.1) is 0 Å². The van der Waals surface area contributed by atoms with Gasteiger partial charge >= 0.3 is 6.03 Å². The number of amides is 3. The zero-order valence-electron chi connectivity index (χ0n) is 13.3. The number of hydrogen-bond acceptors (Lipinski definition) is 3. The minimum Gasteiger partial charge on any atom is -0.352 e. The number of carbonyl (C=O) groups is 2. The fourth-order valence-corrected chi connectivity index (χ4v) is 2.31. The lowest BCUT2D eigenvalue weighted by Crippen LogP contribution is -2.26. The van der Waals surface area contributed by atoms with Gasteiger partial charge in [0.1, 0.15) is 0 Å². The number of nitrogens with two attached hydrogens (primary N) is 1. The van der Waals surface area contributed by atoms with Gasteiger partial charge in [-0.2, -0.15) is 5.10 Å². The van der Waals surface area contributed by atoms with Gasteiger partial charge < -0.3 is 16.4 Å². The number of primary amides is 1. The Morgan fingerprint density at radius 3 is 2.70 bits per heavy atom. The Morgan fingerprint density at radius 1 is 1.26 bits per heavy atom. The molecule has 3 amide bonds. The monoisotopic (exact) mass is 315 g/mol. The molecule has 1 heterocycles. The van der Waals surface area contributed by atoms with Crippen LogP contribution in [0.15, 0.2) is 30.3 Å². The predicted octanol–water partition coefficient (Wildman–Crippen LogP) is 1.81. The standard InChI is InChI=1S/C16H21N5O2/c1-11-9-12(2)21(20-11)8-4-7-18-15(22)13-5-3-6-14(10-13)19-16(17)23/h3,5-6,9-10H,4,7-8H2,1-2H3,(H,18,22)(H3,17,19,23). The third-order valence-corrected chi connectivity index (χ3v) is 3.33. The molecular formula is C16H21N5O2. The molecule has 23 heavy (non-hydrogen) atoms. The Labute approximate surface area is 134 Å². The van der Waals surface area contributed by atoms with Crippen LogP contribution in [0, 0.1) is 13.8 Å². The molecule has 7 heteroatoms. The molecule has 122 valence electrons. The van der Waals surface area contributed by atoms with Gasteiger partial charge in [0.15, 0.2) is 0 Å². The molecule has 0 saturated heterocycles. The van der Waals surface area contributed by atoms with Crippen molar-refractivity contribution in [2.45, 2.75) is 26.8 Å². The first-order chi connectivity index (χ1) is 11.0. The number of carbonyl (C=O) groups excluding carboxylic acids is 2. The maximum atomic E-state index is 12.1. The summed E-state index contributed by atoms with van der Waals surface area (Å²) in [4.78, 5) is 22.9. The van der Waals surface area contributed by atoms with Crippen molar-refractivity contribution in [1.82, 2.24) is 15.1 Å². The summed E-state index contributed by atoms with van der Waals surface area (Å²) in [5.74, 6) is -0.188. The van der Waals surface area contributed by atoms with Gasteiger partial charge in [-0.25, -0.2) is 4.79 Å². The molecule has 2 aromatic rings. The number of rotatable bonds is 6. The van der Waals surface area contributed by atoms with E-state index < -0.39 is 6.03 Å². The van der Waals surface area contributed by atoms with Gasteiger partial charge in [-0.3, -0.25) is 9.48 Å². The van der Waals surface area contributed by atoms with Crippen LogP contribution in [0.4, 0.5) is 10.5 Å². The Bertz CT molecular complexity index is 708. The van der Waals surface area contributed by atoms with Gasteiger partial charge in [0.25, 0.3) is 5.91 Å². The summed E-state index contributed by atoms with van der Waals surface area (Å²) < 4.78 is 1.93. The third kappa shape index (κ3) is 4.84. The normalized spacial score (nSPS) is 10.3. The van der Waals surface area contributed by atoms with Crippen molar-refractivity contribution in [1.29, 1.82) is 0 Å². The molecule has 0 aliphatic rings. The maximum absolute atomic E-state index is 12.1. The quantitative estimate of drug-likeness (QED) is 0.708. The van der Waals surface area contributed by atoms with E-state index in [-0.39, 0.29) is 5.91 Å². The first-order valence-electron chi connectivity index (χ1n) is 7.41. The maximum Gasteiger partial charge on any atom is 0.316 e. The first-order valence-corrected chi connectivity index (χ1v) is 7.41. The Balaban J connectivity index is 1.83. The highest BCUT2D eigenvalue weighted by Gasteiger charge is 2.07. The van der Waals surface area contributed by atoms with Crippen molar-refractivity contribution in [2.75, 3.05) is 11.9 Å². The van der Waals surface area contributed by atoms with Gasteiger partial charge in [0, 0.05) is 30.0 Å². The molecule has 4 N–H and O–H groups in total. The molecule has 0 unspecified atom stereocenters. The van der Waals surface area contributed by atoms with Crippen molar-refractivity contribution in [2.24, 2.45) is 5.73 Å². The van der Waals surface area contributed by atoms with E-state index in [0.717, 1.165) is 24.4 Å². The molecule has 0 fully saturated rings. The summed E-state index contributed by atoms with van der Waals surface area (Å²) in [5.41, 5.74) is 8.13. The SMILES string of the molecule is Cc1cc(C)n(CCCNC(=O)c2cccc(NC(N)=O)c2)n1. The van der Waals surface area contributed by atoms with Crippen LogP contribution in [0.5, 0.6) is 0 Å². The van der Waals surface area contributed by atoms with E-state index in [9.17, 15) is 9.59 Å². The summed E-state index contributed by atoms with van der Waals surface area (Å²) in [6.45, 7) is 5.27. The molecule has 1 aromatic heterocycles. The largest absolute Gasteiger partial charge is 0.352 e. The van der Waals surface area contributed by atoms with Crippen LogP contribution in [0.2, 0.25) is 0 Å². The van der Waals surface area contributed by atoms with Crippen molar-refractivity contribution in [3.8, 4) is 0 Å². The highest BCUT2D eigenvalue weighted by molar-refractivity contribution is 5.96. The van der Waals surface area contributed by atoms with Gasteiger partial charge in [-0.1, -0.05) is 6.07 Å². The van der Waals surface area contributed by atoms with Crippen molar-refractivity contribution in [3.05, 3.63) is 47.3 Å².